The minimum atomic E-state index is -0.501. The van der Waals surface area contributed by atoms with Gasteiger partial charge in [-0.05, 0) is 26.0 Å². The number of esters is 1. The summed E-state index contributed by atoms with van der Waals surface area (Å²) in [6.45, 7) is 3.78. The molecule has 1 amide bonds. The predicted molar refractivity (Wildman–Crippen MR) is 74.0 cm³/mol. The third-order valence-corrected chi connectivity index (χ3v) is 2.38. The van der Waals surface area contributed by atoms with Crippen molar-refractivity contribution in [2.24, 2.45) is 0 Å². The first-order chi connectivity index (χ1) is 8.95. The smallest absolute Gasteiger partial charge is 0.340 e. The third-order valence-electron chi connectivity index (χ3n) is 2.38. The van der Waals surface area contributed by atoms with Crippen LogP contribution in [0.25, 0.3) is 0 Å². The molecule has 0 spiro atoms. The number of nitrogens with two attached hydrogens (primary N) is 1. The highest BCUT2D eigenvalue weighted by Crippen LogP contribution is 2.23. The van der Waals surface area contributed by atoms with Crippen molar-refractivity contribution in [2.45, 2.75) is 19.9 Å². The fraction of sp³-hybridized carbons (Fsp3) is 0.385. The molecule has 4 N–H and O–H groups in total. The highest BCUT2D eigenvalue weighted by molar-refractivity contribution is 5.99. The Morgan fingerprint density at radius 2 is 2.05 bits per heavy atom. The van der Waals surface area contributed by atoms with Crippen molar-refractivity contribution < 1.29 is 14.3 Å². The summed E-state index contributed by atoms with van der Waals surface area (Å²) in [6.07, 6.45) is 0. The number of rotatable bonds is 5. The molecular weight excluding hydrogens is 246 g/mol. The van der Waals surface area contributed by atoms with Gasteiger partial charge in [-0.1, -0.05) is 6.07 Å². The van der Waals surface area contributed by atoms with E-state index in [9.17, 15) is 9.59 Å². The fourth-order valence-electron chi connectivity index (χ4n) is 1.59. The highest BCUT2D eigenvalue weighted by atomic mass is 16.5. The Morgan fingerprint density at radius 1 is 1.37 bits per heavy atom. The van der Waals surface area contributed by atoms with E-state index in [4.69, 9.17) is 5.73 Å². The van der Waals surface area contributed by atoms with Crippen molar-refractivity contribution in [1.29, 1.82) is 0 Å². The standard InChI is InChI=1S/C13H19N3O3/c1-8(2)16-11(17)7-15-12-9(13(18)19-3)5-4-6-10(12)14/h4-6,8,15H,7,14H2,1-3H3,(H,16,17). The number of methoxy groups -OCH3 is 1. The Balaban J connectivity index is 2.82. The van der Waals surface area contributed by atoms with Crippen LogP contribution < -0.4 is 16.4 Å². The van der Waals surface area contributed by atoms with Crippen molar-refractivity contribution in [3.63, 3.8) is 0 Å². The Bertz CT molecular complexity index is 472. The molecule has 1 aromatic rings. The zero-order valence-corrected chi connectivity index (χ0v) is 11.3. The summed E-state index contributed by atoms with van der Waals surface area (Å²) >= 11 is 0. The molecule has 0 aromatic heterocycles. The maximum Gasteiger partial charge on any atom is 0.340 e. The van der Waals surface area contributed by atoms with Gasteiger partial charge in [0.2, 0.25) is 5.91 Å². The summed E-state index contributed by atoms with van der Waals surface area (Å²) in [4.78, 5) is 23.1. The van der Waals surface area contributed by atoms with Gasteiger partial charge in [-0.3, -0.25) is 4.79 Å². The Kier molecular flexibility index (Phi) is 5.17. The topological polar surface area (TPSA) is 93.4 Å². The molecule has 0 fully saturated rings. The third kappa shape index (κ3) is 4.17. The molecule has 0 heterocycles. The van der Waals surface area contributed by atoms with Gasteiger partial charge in [0.05, 0.1) is 30.6 Å². The lowest BCUT2D eigenvalue weighted by atomic mass is 10.1. The minimum absolute atomic E-state index is 0.0381. The van der Waals surface area contributed by atoms with Gasteiger partial charge in [-0.2, -0.15) is 0 Å². The monoisotopic (exact) mass is 265 g/mol. The molecule has 1 rings (SSSR count). The number of nitrogen functional groups attached to an aromatic ring is 1. The van der Waals surface area contributed by atoms with Crippen molar-refractivity contribution in [2.75, 3.05) is 24.7 Å². The molecule has 6 heteroatoms. The van der Waals surface area contributed by atoms with E-state index in [0.29, 0.717) is 16.9 Å². The molecule has 19 heavy (non-hydrogen) atoms. The van der Waals surface area contributed by atoms with Crippen LogP contribution in [-0.4, -0.2) is 31.6 Å². The van der Waals surface area contributed by atoms with Gasteiger partial charge >= 0.3 is 5.97 Å². The second-order valence-corrected chi connectivity index (χ2v) is 4.34. The van der Waals surface area contributed by atoms with E-state index < -0.39 is 5.97 Å². The number of ether oxygens (including phenoxy) is 1. The summed E-state index contributed by atoms with van der Waals surface area (Å²) in [6, 6.07) is 4.95. The summed E-state index contributed by atoms with van der Waals surface area (Å²) in [7, 11) is 1.29. The predicted octanol–water partition coefficient (Wildman–Crippen LogP) is 0.992. The van der Waals surface area contributed by atoms with Crippen molar-refractivity contribution in [1.82, 2.24) is 5.32 Å². The first kappa shape index (κ1) is 14.8. The molecule has 0 unspecified atom stereocenters. The maximum absolute atomic E-state index is 11.6. The summed E-state index contributed by atoms with van der Waals surface area (Å²) in [5.41, 5.74) is 6.90. The van der Waals surface area contributed by atoms with Crippen LogP contribution >= 0.6 is 0 Å². The van der Waals surface area contributed by atoms with Crippen LogP contribution in [0.15, 0.2) is 18.2 Å². The Hall–Kier alpha value is -2.24. The van der Waals surface area contributed by atoms with Crippen molar-refractivity contribution >= 4 is 23.3 Å². The second kappa shape index (κ2) is 6.63. The summed E-state index contributed by atoms with van der Waals surface area (Å²) in [5.74, 6) is -0.673. The lowest BCUT2D eigenvalue weighted by molar-refractivity contribution is -0.119. The van der Waals surface area contributed by atoms with Crippen LogP contribution in [0.2, 0.25) is 0 Å². The molecule has 0 bridgehead atoms. The van der Waals surface area contributed by atoms with Crippen LogP contribution in [0.4, 0.5) is 11.4 Å². The quantitative estimate of drug-likeness (QED) is 0.545. The lowest BCUT2D eigenvalue weighted by Gasteiger charge is -2.14. The van der Waals surface area contributed by atoms with Crippen molar-refractivity contribution in [3.05, 3.63) is 23.8 Å². The van der Waals surface area contributed by atoms with E-state index in [1.54, 1.807) is 18.2 Å². The molecule has 0 aliphatic rings. The van der Waals surface area contributed by atoms with Gasteiger partial charge in [0.25, 0.3) is 0 Å². The van der Waals surface area contributed by atoms with Crippen LogP contribution in [0.1, 0.15) is 24.2 Å². The number of carbonyl (C=O) groups is 2. The number of carbonyl (C=O) groups excluding carboxylic acids is 2. The van der Waals surface area contributed by atoms with Gasteiger partial charge in [0.15, 0.2) is 0 Å². The largest absolute Gasteiger partial charge is 0.465 e. The van der Waals surface area contributed by atoms with Crippen molar-refractivity contribution in [3.8, 4) is 0 Å². The van der Waals surface area contributed by atoms with Crippen LogP contribution in [-0.2, 0) is 9.53 Å². The minimum Gasteiger partial charge on any atom is -0.465 e. The summed E-state index contributed by atoms with van der Waals surface area (Å²) < 4.78 is 4.67. The first-order valence-corrected chi connectivity index (χ1v) is 5.95. The number of hydrogen-bond donors (Lipinski definition) is 3. The van der Waals surface area contributed by atoms with Gasteiger partial charge in [0, 0.05) is 6.04 Å². The second-order valence-electron chi connectivity index (χ2n) is 4.34. The Morgan fingerprint density at radius 3 is 2.63 bits per heavy atom. The average Bonchev–Trinajstić information content (AvgIpc) is 2.35. The maximum atomic E-state index is 11.6. The normalized spacial score (nSPS) is 10.1. The van der Waals surface area contributed by atoms with E-state index in [-0.39, 0.29) is 18.5 Å². The number of benzene rings is 1. The zero-order chi connectivity index (χ0) is 14.4. The zero-order valence-electron chi connectivity index (χ0n) is 11.3. The summed E-state index contributed by atoms with van der Waals surface area (Å²) in [5, 5.41) is 5.60. The van der Waals surface area contributed by atoms with E-state index in [1.807, 2.05) is 13.8 Å². The molecule has 0 aliphatic carbocycles. The van der Waals surface area contributed by atoms with Crippen LogP contribution in [0.5, 0.6) is 0 Å². The average molecular weight is 265 g/mol. The van der Waals surface area contributed by atoms with Gasteiger partial charge in [0.1, 0.15) is 0 Å². The van der Waals surface area contributed by atoms with Gasteiger partial charge in [-0.25, -0.2) is 4.79 Å². The number of para-hydroxylation sites is 1. The number of anilines is 2. The van der Waals surface area contributed by atoms with E-state index in [2.05, 4.69) is 15.4 Å². The molecule has 0 radical (unpaired) electrons. The molecule has 6 nitrogen and oxygen atoms in total. The van der Waals surface area contributed by atoms with E-state index in [0.717, 1.165) is 0 Å². The molecule has 0 saturated heterocycles. The Labute approximate surface area is 112 Å². The first-order valence-electron chi connectivity index (χ1n) is 5.95. The molecule has 0 aliphatic heterocycles. The van der Waals surface area contributed by atoms with Gasteiger partial charge in [-0.15, -0.1) is 0 Å². The molecule has 104 valence electrons. The lowest BCUT2D eigenvalue weighted by Crippen LogP contribution is -2.35. The highest BCUT2D eigenvalue weighted by Gasteiger charge is 2.14. The molecule has 0 atom stereocenters. The van der Waals surface area contributed by atoms with E-state index >= 15 is 0 Å². The van der Waals surface area contributed by atoms with Crippen LogP contribution in [0, 0.1) is 0 Å². The number of amides is 1. The van der Waals surface area contributed by atoms with Gasteiger partial charge < -0.3 is 21.1 Å². The molecular formula is C13H19N3O3. The molecule has 0 saturated carbocycles. The number of nitrogens with one attached hydrogen (secondary N) is 2. The van der Waals surface area contributed by atoms with E-state index in [1.165, 1.54) is 7.11 Å². The molecule has 1 aromatic carbocycles. The van der Waals surface area contributed by atoms with Crippen LogP contribution in [0.3, 0.4) is 0 Å². The SMILES string of the molecule is COC(=O)c1cccc(N)c1NCC(=O)NC(C)C. The number of hydrogen-bond acceptors (Lipinski definition) is 5. The fourth-order valence-corrected chi connectivity index (χ4v) is 1.59.